The van der Waals surface area contributed by atoms with Gasteiger partial charge in [0, 0.05) is 12.7 Å². The van der Waals surface area contributed by atoms with Crippen molar-refractivity contribution in [3.05, 3.63) is 29.8 Å². The Labute approximate surface area is 77.9 Å². The van der Waals surface area contributed by atoms with Gasteiger partial charge in [-0.15, -0.1) is 0 Å². The van der Waals surface area contributed by atoms with Crippen LogP contribution in [0.1, 0.15) is 18.4 Å². The lowest BCUT2D eigenvalue weighted by Gasteiger charge is -2.09. The molecule has 0 radical (unpaired) electrons. The predicted molar refractivity (Wildman–Crippen MR) is 53.3 cm³/mol. The molecule has 3 N–H and O–H groups in total. The normalized spacial score (nSPS) is 12.2. The lowest BCUT2D eigenvalue weighted by molar-refractivity contribution is -0.121. The van der Waals surface area contributed by atoms with E-state index in [2.05, 4.69) is 5.32 Å². The maximum atomic E-state index is 11.3. The molecule has 13 heavy (non-hydrogen) atoms. The van der Waals surface area contributed by atoms with Gasteiger partial charge >= 0.3 is 0 Å². The number of amides is 1. The second kappa shape index (κ2) is 3.94. The summed E-state index contributed by atoms with van der Waals surface area (Å²) in [5, 5.41) is 2.61. The quantitative estimate of drug-likeness (QED) is 0.667. The molecule has 0 fully saturated rings. The second-order valence-corrected chi connectivity index (χ2v) is 3.00. The molecule has 0 saturated carbocycles. The van der Waals surface area contributed by atoms with Gasteiger partial charge < -0.3 is 11.1 Å². The van der Waals surface area contributed by atoms with Crippen LogP contribution in [-0.2, 0) is 4.79 Å². The lowest BCUT2D eigenvalue weighted by atomic mass is 10.0. The Morgan fingerprint density at radius 3 is 2.38 bits per heavy atom. The van der Waals surface area contributed by atoms with Gasteiger partial charge in [-0.25, -0.2) is 0 Å². The van der Waals surface area contributed by atoms with Crippen molar-refractivity contribution in [1.82, 2.24) is 5.32 Å². The van der Waals surface area contributed by atoms with E-state index < -0.39 is 0 Å². The number of nitrogen functional groups attached to an aromatic ring is 1. The highest BCUT2D eigenvalue weighted by Gasteiger charge is 2.12. The van der Waals surface area contributed by atoms with E-state index in [1.807, 2.05) is 19.1 Å². The van der Waals surface area contributed by atoms with Crippen molar-refractivity contribution in [1.29, 1.82) is 0 Å². The standard InChI is InChI=1S/C10H14N2O/c1-7(10(13)12-2)8-3-5-9(11)6-4-8/h3-7H,11H2,1-2H3,(H,12,13)/t7-/m0/s1. The zero-order valence-electron chi connectivity index (χ0n) is 7.87. The zero-order valence-corrected chi connectivity index (χ0v) is 7.87. The Bertz CT molecular complexity index is 292. The van der Waals surface area contributed by atoms with Crippen LogP contribution in [0, 0.1) is 0 Å². The van der Waals surface area contributed by atoms with E-state index >= 15 is 0 Å². The number of likely N-dealkylation sites (N-methyl/N-ethyl adjacent to an activating group) is 1. The predicted octanol–water partition coefficient (Wildman–Crippen LogP) is 1.12. The Balaban J connectivity index is 2.83. The van der Waals surface area contributed by atoms with Crippen LogP contribution in [0.3, 0.4) is 0 Å². The summed E-state index contributed by atoms with van der Waals surface area (Å²) in [7, 11) is 1.64. The average molecular weight is 178 g/mol. The summed E-state index contributed by atoms with van der Waals surface area (Å²) in [5.41, 5.74) is 7.23. The number of nitrogens with one attached hydrogen (secondary N) is 1. The summed E-state index contributed by atoms with van der Waals surface area (Å²) in [5.74, 6) is -0.102. The highest BCUT2D eigenvalue weighted by Crippen LogP contribution is 2.16. The fourth-order valence-electron chi connectivity index (χ4n) is 1.15. The molecule has 0 heterocycles. The smallest absolute Gasteiger partial charge is 0.227 e. The summed E-state index contributed by atoms with van der Waals surface area (Å²) < 4.78 is 0. The van der Waals surface area contributed by atoms with Crippen LogP contribution >= 0.6 is 0 Å². The Morgan fingerprint density at radius 1 is 1.38 bits per heavy atom. The van der Waals surface area contributed by atoms with Gasteiger partial charge in [-0.1, -0.05) is 12.1 Å². The van der Waals surface area contributed by atoms with Gasteiger partial charge in [-0.2, -0.15) is 0 Å². The van der Waals surface area contributed by atoms with E-state index in [0.717, 1.165) is 5.56 Å². The molecule has 70 valence electrons. The van der Waals surface area contributed by atoms with Crippen molar-refractivity contribution in [3.63, 3.8) is 0 Å². The molecule has 3 heteroatoms. The summed E-state index contributed by atoms with van der Waals surface area (Å²) in [4.78, 5) is 11.3. The van der Waals surface area contributed by atoms with Crippen LogP contribution in [-0.4, -0.2) is 13.0 Å². The van der Waals surface area contributed by atoms with Crippen molar-refractivity contribution in [3.8, 4) is 0 Å². The molecule has 0 aliphatic rings. The number of hydrogen-bond donors (Lipinski definition) is 2. The minimum Gasteiger partial charge on any atom is -0.399 e. The van der Waals surface area contributed by atoms with E-state index in [1.54, 1.807) is 19.2 Å². The van der Waals surface area contributed by atoms with Gasteiger partial charge in [0.15, 0.2) is 0 Å². The molecule has 0 aromatic heterocycles. The minimum atomic E-state index is -0.120. The van der Waals surface area contributed by atoms with E-state index in [0.29, 0.717) is 5.69 Å². The van der Waals surface area contributed by atoms with Crippen molar-refractivity contribution < 1.29 is 4.79 Å². The largest absolute Gasteiger partial charge is 0.399 e. The van der Waals surface area contributed by atoms with Gasteiger partial charge in [0.2, 0.25) is 5.91 Å². The Hall–Kier alpha value is -1.51. The molecule has 0 spiro atoms. The molecule has 0 unspecified atom stereocenters. The van der Waals surface area contributed by atoms with E-state index in [-0.39, 0.29) is 11.8 Å². The minimum absolute atomic E-state index is 0.0183. The molecule has 0 bridgehead atoms. The van der Waals surface area contributed by atoms with Crippen molar-refractivity contribution in [2.24, 2.45) is 0 Å². The molecule has 1 rings (SSSR count). The molecule has 0 aliphatic carbocycles. The van der Waals surface area contributed by atoms with Gasteiger partial charge in [-0.3, -0.25) is 4.79 Å². The lowest BCUT2D eigenvalue weighted by Crippen LogP contribution is -2.23. The SMILES string of the molecule is CNC(=O)[C@@H](C)c1ccc(N)cc1. The van der Waals surface area contributed by atoms with Crippen LogP contribution in [0.15, 0.2) is 24.3 Å². The maximum Gasteiger partial charge on any atom is 0.227 e. The third kappa shape index (κ3) is 2.21. The highest BCUT2D eigenvalue weighted by atomic mass is 16.1. The van der Waals surface area contributed by atoms with E-state index in [1.165, 1.54) is 0 Å². The molecular weight excluding hydrogens is 164 g/mol. The zero-order chi connectivity index (χ0) is 9.84. The molecule has 0 saturated heterocycles. The average Bonchev–Trinajstić information content (AvgIpc) is 2.17. The summed E-state index contributed by atoms with van der Waals surface area (Å²) in [6.45, 7) is 1.87. The van der Waals surface area contributed by atoms with Crippen LogP contribution in [0.5, 0.6) is 0 Å². The first-order valence-corrected chi connectivity index (χ1v) is 4.22. The molecule has 0 aliphatic heterocycles. The third-order valence-corrected chi connectivity index (χ3v) is 2.08. The Kier molecular flexibility index (Phi) is 2.90. The summed E-state index contributed by atoms with van der Waals surface area (Å²) in [6, 6.07) is 7.34. The number of carbonyl (C=O) groups is 1. The summed E-state index contributed by atoms with van der Waals surface area (Å²) in [6.07, 6.45) is 0. The van der Waals surface area contributed by atoms with E-state index in [9.17, 15) is 4.79 Å². The molecule has 1 aromatic rings. The second-order valence-electron chi connectivity index (χ2n) is 3.00. The van der Waals surface area contributed by atoms with Crippen LogP contribution < -0.4 is 11.1 Å². The molecule has 1 amide bonds. The summed E-state index contributed by atoms with van der Waals surface area (Å²) >= 11 is 0. The monoisotopic (exact) mass is 178 g/mol. The van der Waals surface area contributed by atoms with Gasteiger partial charge in [0.1, 0.15) is 0 Å². The highest BCUT2D eigenvalue weighted by molar-refractivity contribution is 5.82. The maximum absolute atomic E-state index is 11.3. The van der Waals surface area contributed by atoms with Crippen LogP contribution in [0.25, 0.3) is 0 Å². The van der Waals surface area contributed by atoms with Crippen LogP contribution in [0.2, 0.25) is 0 Å². The molecule has 1 atom stereocenters. The fraction of sp³-hybridized carbons (Fsp3) is 0.300. The number of rotatable bonds is 2. The molecule has 3 nitrogen and oxygen atoms in total. The van der Waals surface area contributed by atoms with Gasteiger partial charge in [-0.05, 0) is 24.6 Å². The first kappa shape index (κ1) is 9.58. The first-order chi connectivity index (χ1) is 6.15. The van der Waals surface area contributed by atoms with Gasteiger partial charge in [0.25, 0.3) is 0 Å². The third-order valence-electron chi connectivity index (χ3n) is 2.08. The van der Waals surface area contributed by atoms with Crippen molar-refractivity contribution in [2.75, 3.05) is 12.8 Å². The van der Waals surface area contributed by atoms with Crippen LogP contribution in [0.4, 0.5) is 5.69 Å². The fourth-order valence-corrected chi connectivity index (χ4v) is 1.15. The van der Waals surface area contributed by atoms with Crippen molar-refractivity contribution >= 4 is 11.6 Å². The first-order valence-electron chi connectivity index (χ1n) is 4.22. The Morgan fingerprint density at radius 2 is 1.92 bits per heavy atom. The number of carbonyl (C=O) groups excluding carboxylic acids is 1. The van der Waals surface area contributed by atoms with Crippen molar-refractivity contribution in [2.45, 2.75) is 12.8 Å². The number of hydrogen-bond acceptors (Lipinski definition) is 2. The van der Waals surface area contributed by atoms with E-state index in [4.69, 9.17) is 5.73 Å². The molecular formula is C10H14N2O. The topological polar surface area (TPSA) is 55.1 Å². The number of anilines is 1. The van der Waals surface area contributed by atoms with Gasteiger partial charge in [0.05, 0.1) is 5.92 Å². The number of nitrogens with two attached hydrogens (primary N) is 1. The number of benzene rings is 1. The molecule has 1 aromatic carbocycles.